The Morgan fingerprint density at radius 2 is 1.25 bits per heavy atom. The number of hydrogen-bond donors (Lipinski definition) is 1. The van der Waals surface area contributed by atoms with Crippen LogP contribution in [-0.4, -0.2) is 19.8 Å². The van der Waals surface area contributed by atoms with E-state index in [0.29, 0.717) is 0 Å². The molecule has 0 aliphatic carbocycles. The number of benzene rings is 3. The van der Waals surface area contributed by atoms with Gasteiger partial charge in [0, 0.05) is 30.9 Å². The van der Waals surface area contributed by atoms with Gasteiger partial charge in [-0.3, -0.25) is 5.43 Å². The van der Waals surface area contributed by atoms with Gasteiger partial charge in [0.25, 0.3) is 0 Å². The zero-order valence-corrected chi connectivity index (χ0v) is 14.0. The molecule has 0 aliphatic rings. The van der Waals surface area contributed by atoms with Gasteiger partial charge < -0.3 is 4.90 Å². The van der Waals surface area contributed by atoms with Gasteiger partial charge in [-0.15, -0.1) is 0 Å². The van der Waals surface area contributed by atoms with Crippen LogP contribution in [0.3, 0.4) is 0 Å². The van der Waals surface area contributed by atoms with E-state index >= 15 is 0 Å². The molecular weight excluding hydrogens is 294 g/mol. The number of anilines is 2. The summed E-state index contributed by atoms with van der Waals surface area (Å²) in [7, 11) is 4.08. The first kappa shape index (κ1) is 15.8. The highest BCUT2D eigenvalue weighted by Crippen LogP contribution is 2.17. The zero-order chi connectivity index (χ0) is 16.8. The first-order valence-electron chi connectivity index (χ1n) is 7.96. The second kappa shape index (κ2) is 7.47. The summed E-state index contributed by atoms with van der Waals surface area (Å²) in [5, 5.41) is 4.66. The number of hydrogen-bond acceptors (Lipinski definition) is 3. The average Bonchev–Trinajstić information content (AvgIpc) is 2.64. The minimum Gasteiger partial charge on any atom is -0.378 e. The van der Waals surface area contributed by atoms with E-state index in [1.165, 1.54) is 5.69 Å². The molecule has 0 fully saturated rings. The monoisotopic (exact) mass is 315 g/mol. The van der Waals surface area contributed by atoms with E-state index in [9.17, 15) is 0 Å². The number of hydrazone groups is 1. The Hall–Kier alpha value is -3.07. The van der Waals surface area contributed by atoms with Gasteiger partial charge in [0.15, 0.2) is 0 Å². The summed E-state index contributed by atoms with van der Waals surface area (Å²) in [6.45, 7) is 0. The summed E-state index contributed by atoms with van der Waals surface area (Å²) >= 11 is 0. The predicted molar refractivity (Wildman–Crippen MR) is 103 cm³/mol. The first-order chi connectivity index (χ1) is 11.7. The third-order valence-corrected chi connectivity index (χ3v) is 3.77. The molecule has 0 atom stereocenters. The molecule has 0 aromatic heterocycles. The third kappa shape index (κ3) is 3.82. The van der Waals surface area contributed by atoms with E-state index < -0.39 is 0 Å². The Balaban J connectivity index is 1.96. The van der Waals surface area contributed by atoms with Crippen molar-refractivity contribution in [1.29, 1.82) is 0 Å². The van der Waals surface area contributed by atoms with Gasteiger partial charge in [0.05, 0.1) is 11.4 Å². The highest BCUT2D eigenvalue weighted by Gasteiger charge is 2.07. The maximum atomic E-state index is 4.66. The van der Waals surface area contributed by atoms with Crippen LogP contribution in [0.2, 0.25) is 0 Å². The van der Waals surface area contributed by atoms with Crippen molar-refractivity contribution in [2.45, 2.75) is 0 Å². The standard InChI is InChI=1S/C21H21N3/c1-24(2)20-15-13-18(14-16-20)21(17-9-5-3-6-10-17)23-22-19-11-7-4-8-12-19/h3-16,22H,1-2H3. The van der Waals surface area contributed by atoms with Gasteiger partial charge in [-0.2, -0.15) is 5.10 Å². The molecule has 0 bridgehead atoms. The molecule has 0 spiro atoms. The van der Waals surface area contributed by atoms with Crippen LogP contribution in [-0.2, 0) is 0 Å². The Morgan fingerprint density at radius 1 is 0.708 bits per heavy atom. The Morgan fingerprint density at radius 3 is 1.83 bits per heavy atom. The van der Waals surface area contributed by atoms with Gasteiger partial charge in [-0.1, -0.05) is 60.7 Å². The van der Waals surface area contributed by atoms with Crippen LogP contribution in [0.15, 0.2) is 90.0 Å². The summed E-state index contributed by atoms with van der Waals surface area (Å²) in [5.41, 5.74) is 8.38. The first-order valence-corrected chi connectivity index (χ1v) is 7.96. The molecule has 3 rings (SSSR count). The lowest BCUT2D eigenvalue weighted by atomic mass is 10.0. The highest BCUT2D eigenvalue weighted by atomic mass is 15.3. The van der Waals surface area contributed by atoms with E-state index in [2.05, 4.69) is 51.8 Å². The minimum atomic E-state index is 0.921. The van der Waals surface area contributed by atoms with E-state index in [1.54, 1.807) is 0 Å². The maximum absolute atomic E-state index is 4.66. The lowest BCUT2D eigenvalue weighted by Crippen LogP contribution is -2.10. The molecule has 0 radical (unpaired) electrons. The third-order valence-electron chi connectivity index (χ3n) is 3.77. The molecule has 0 saturated carbocycles. The van der Waals surface area contributed by atoms with E-state index in [-0.39, 0.29) is 0 Å². The summed E-state index contributed by atoms with van der Waals surface area (Å²) in [4.78, 5) is 2.09. The van der Waals surface area contributed by atoms with Crippen LogP contribution in [0.4, 0.5) is 11.4 Å². The van der Waals surface area contributed by atoms with Crippen molar-refractivity contribution in [3.8, 4) is 0 Å². The smallest absolute Gasteiger partial charge is 0.0977 e. The Bertz CT molecular complexity index is 792. The quantitative estimate of drug-likeness (QED) is 0.549. The topological polar surface area (TPSA) is 27.6 Å². The normalized spacial score (nSPS) is 11.2. The highest BCUT2D eigenvalue weighted by molar-refractivity contribution is 6.13. The average molecular weight is 315 g/mol. The predicted octanol–water partition coefficient (Wildman–Crippen LogP) is 4.62. The molecule has 120 valence electrons. The van der Waals surface area contributed by atoms with Gasteiger partial charge in [0.1, 0.15) is 0 Å². The Kier molecular flexibility index (Phi) is 4.92. The van der Waals surface area contributed by atoms with E-state index in [4.69, 9.17) is 0 Å². The molecule has 0 unspecified atom stereocenters. The van der Waals surface area contributed by atoms with Crippen LogP contribution in [0.1, 0.15) is 11.1 Å². The van der Waals surface area contributed by atoms with Crippen molar-refractivity contribution in [2.24, 2.45) is 5.10 Å². The van der Waals surface area contributed by atoms with Crippen LogP contribution in [0, 0.1) is 0 Å². The van der Waals surface area contributed by atoms with Gasteiger partial charge >= 0.3 is 0 Å². The van der Waals surface area contributed by atoms with Gasteiger partial charge in [-0.05, 0) is 24.3 Å². The molecule has 3 aromatic rings. The van der Waals surface area contributed by atoms with E-state index in [0.717, 1.165) is 22.5 Å². The minimum absolute atomic E-state index is 0.921. The SMILES string of the molecule is CN(C)c1ccc(C(=NNc2ccccc2)c2ccccc2)cc1. The molecular formula is C21H21N3. The van der Waals surface area contributed by atoms with Crippen LogP contribution >= 0.6 is 0 Å². The summed E-state index contributed by atoms with van der Waals surface area (Å²) in [6, 6.07) is 28.6. The molecule has 3 nitrogen and oxygen atoms in total. The number of nitrogens with zero attached hydrogens (tertiary/aromatic N) is 2. The van der Waals surface area contributed by atoms with Crippen molar-refractivity contribution in [2.75, 3.05) is 24.4 Å². The fourth-order valence-electron chi connectivity index (χ4n) is 2.44. The van der Waals surface area contributed by atoms with Crippen molar-refractivity contribution in [1.82, 2.24) is 0 Å². The Labute approximate surface area is 143 Å². The summed E-state index contributed by atoms with van der Waals surface area (Å²) < 4.78 is 0. The van der Waals surface area contributed by atoms with Gasteiger partial charge in [-0.25, -0.2) is 0 Å². The summed E-state index contributed by atoms with van der Waals surface area (Å²) in [6.07, 6.45) is 0. The molecule has 0 saturated heterocycles. The number of para-hydroxylation sites is 1. The van der Waals surface area contributed by atoms with E-state index in [1.807, 2.05) is 62.6 Å². The molecule has 1 N–H and O–H groups in total. The molecule has 3 aromatic carbocycles. The van der Waals surface area contributed by atoms with Crippen molar-refractivity contribution < 1.29 is 0 Å². The molecule has 0 aliphatic heterocycles. The summed E-state index contributed by atoms with van der Waals surface area (Å²) in [5.74, 6) is 0. The van der Waals surface area contributed by atoms with Crippen molar-refractivity contribution in [3.05, 3.63) is 96.1 Å². The lowest BCUT2D eigenvalue weighted by Gasteiger charge is -2.14. The largest absolute Gasteiger partial charge is 0.378 e. The second-order valence-electron chi connectivity index (χ2n) is 5.75. The molecule has 3 heteroatoms. The van der Waals surface area contributed by atoms with Crippen LogP contribution in [0.5, 0.6) is 0 Å². The van der Waals surface area contributed by atoms with Crippen molar-refractivity contribution in [3.63, 3.8) is 0 Å². The van der Waals surface area contributed by atoms with Crippen LogP contribution < -0.4 is 10.3 Å². The molecule has 24 heavy (non-hydrogen) atoms. The number of nitrogens with one attached hydrogen (secondary N) is 1. The molecule has 0 heterocycles. The zero-order valence-electron chi connectivity index (χ0n) is 14.0. The van der Waals surface area contributed by atoms with Crippen LogP contribution in [0.25, 0.3) is 0 Å². The maximum Gasteiger partial charge on any atom is 0.0977 e. The van der Waals surface area contributed by atoms with Gasteiger partial charge in [0.2, 0.25) is 0 Å². The van der Waals surface area contributed by atoms with Crippen molar-refractivity contribution >= 4 is 17.1 Å². The number of rotatable bonds is 5. The fraction of sp³-hybridized carbons (Fsp3) is 0.0952. The molecule has 0 amide bonds. The fourth-order valence-corrected chi connectivity index (χ4v) is 2.44. The lowest BCUT2D eigenvalue weighted by molar-refractivity contribution is 1.13. The second-order valence-corrected chi connectivity index (χ2v) is 5.75.